The van der Waals surface area contributed by atoms with Gasteiger partial charge in [0.15, 0.2) is 0 Å². The fraction of sp³-hybridized carbons (Fsp3) is 0.372. The van der Waals surface area contributed by atoms with Gasteiger partial charge >= 0.3 is 0 Å². The number of carbonyl (C=O) groups is 1. The van der Waals surface area contributed by atoms with Gasteiger partial charge in [-0.05, 0) is 84.2 Å². The van der Waals surface area contributed by atoms with Gasteiger partial charge in [-0.2, -0.15) is 0 Å². The van der Waals surface area contributed by atoms with Crippen LogP contribution in [0.1, 0.15) is 54.5 Å². The molecule has 1 aromatic heterocycles. The fourth-order valence-corrected chi connectivity index (χ4v) is 12.8. The first-order chi connectivity index (χ1) is 25.3. The van der Waals surface area contributed by atoms with Crippen molar-refractivity contribution in [2.75, 3.05) is 18.6 Å². The first-order valence-corrected chi connectivity index (χ1v) is 21.7. The summed E-state index contributed by atoms with van der Waals surface area (Å²) in [5.74, 6) is 1.16. The van der Waals surface area contributed by atoms with E-state index in [0.717, 1.165) is 54.1 Å². The van der Waals surface area contributed by atoms with Crippen molar-refractivity contribution in [1.82, 2.24) is 15.0 Å². The summed E-state index contributed by atoms with van der Waals surface area (Å²) in [6.07, 6.45) is 6.04. The Morgan fingerprint density at radius 3 is 2.46 bits per heavy atom. The highest BCUT2D eigenvalue weighted by molar-refractivity contribution is 6.91. The minimum absolute atomic E-state index is 0.0259. The first-order valence-electron chi connectivity index (χ1n) is 18.6. The van der Waals surface area contributed by atoms with E-state index < -0.39 is 8.07 Å². The van der Waals surface area contributed by atoms with Crippen molar-refractivity contribution < 1.29 is 19.4 Å². The second-order valence-corrected chi connectivity index (χ2v) is 19.6. The Kier molecular flexibility index (Phi) is 10.7. The molecule has 1 N–H and O–H groups in total. The number of aryl methyl sites for hydroxylation is 3. The molecule has 1 saturated heterocycles. The third-order valence-electron chi connectivity index (χ3n) is 11.5. The summed E-state index contributed by atoms with van der Waals surface area (Å²) in [5.41, 5.74) is 6.54. The van der Waals surface area contributed by atoms with E-state index in [1.807, 2.05) is 64.3 Å². The number of aliphatic hydroxyl groups excluding tert-OH is 1. The number of amides is 1. The molecule has 4 aromatic carbocycles. The van der Waals surface area contributed by atoms with Crippen molar-refractivity contribution in [3.8, 4) is 5.75 Å². The number of hydrogen-bond donors (Lipinski definition) is 1. The van der Waals surface area contributed by atoms with Crippen LogP contribution in [-0.4, -0.2) is 60.0 Å². The van der Waals surface area contributed by atoms with E-state index in [4.69, 9.17) is 9.47 Å². The SMILES string of the molecule is COc1ccc([Si](C)(C)[C@H]2[C@H](C)[C@H](CCc3cccc(N4C(=O)CCc5ccccc54)c3)O[C@@H]2CCn2cc(C(CO)c3ccccc3)nn2)cc1. The van der Waals surface area contributed by atoms with Crippen LogP contribution in [0.3, 0.4) is 0 Å². The van der Waals surface area contributed by atoms with Crippen LogP contribution in [0.25, 0.3) is 0 Å². The average Bonchev–Trinajstić information content (AvgIpc) is 3.77. The molecule has 8 nitrogen and oxygen atoms in total. The zero-order chi connectivity index (χ0) is 36.2. The molecule has 0 bridgehead atoms. The summed E-state index contributed by atoms with van der Waals surface area (Å²) in [4.78, 5) is 15.1. The topological polar surface area (TPSA) is 89.7 Å². The molecule has 9 heteroatoms. The molecule has 52 heavy (non-hydrogen) atoms. The standard InChI is InChI=1S/C43H50N4O4Si/c1-30-40(23-17-31-11-10-15-34(27-31)47-39-16-9-8-14-33(39)18-24-42(47)49)51-41(43(30)52(3,4)36-21-19-35(50-2)20-22-36)25-26-46-28-38(44-45-46)37(29-48)32-12-6-5-7-13-32/h5-16,19-22,27-28,30,37,40-41,43,48H,17-18,23-26,29H2,1-4H3/t30-,37?,40+,41-,43+/m1/s1. The maximum Gasteiger partial charge on any atom is 0.231 e. The summed E-state index contributed by atoms with van der Waals surface area (Å²) in [7, 11) is -0.324. The molecular formula is C43H50N4O4Si. The molecule has 0 saturated carbocycles. The summed E-state index contributed by atoms with van der Waals surface area (Å²) < 4.78 is 14.5. The van der Waals surface area contributed by atoms with Gasteiger partial charge in [-0.1, -0.05) is 103 Å². The maximum absolute atomic E-state index is 13.2. The molecule has 3 heterocycles. The number of ether oxygens (including phenoxy) is 2. The minimum Gasteiger partial charge on any atom is -0.497 e. The Labute approximate surface area is 308 Å². The van der Waals surface area contributed by atoms with E-state index in [1.54, 1.807) is 7.11 Å². The van der Waals surface area contributed by atoms with Crippen molar-refractivity contribution in [3.63, 3.8) is 0 Å². The van der Waals surface area contributed by atoms with Gasteiger partial charge in [0.25, 0.3) is 0 Å². The fourth-order valence-electron chi connectivity index (χ4n) is 8.68. The van der Waals surface area contributed by atoms with Crippen LogP contribution in [-0.2, 0) is 28.9 Å². The summed E-state index contributed by atoms with van der Waals surface area (Å²) in [6.45, 7) is 7.99. The maximum atomic E-state index is 13.2. The van der Waals surface area contributed by atoms with Crippen LogP contribution < -0.4 is 14.8 Å². The van der Waals surface area contributed by atoms with Gasteiger partial charge < -0.3 is 14.6 Å². The Hall–Kier alpha value is -4.57. The number of para-hydroxylation sites is 1. The van der Waals surface area contributed by atoms with E-state index in [1.165, 1.54) is 16.3 Å². The zero-order valence-electron chi connectivity index (χ0n) is 30.7. The molecule has 270 valence electrons. The van der Waals surface area contributed by atoms with Gasteiger partial charge in [-0.25, -0.2) is 0 Å². The molecule has 0 spiro atoms. The summed E-state index contributed by atoms with van der Waals surface area (Å²) in [6, 6.07) is 35.3. The quantitative estimate of drug-likeness (QED) is 0.128. The number of carbonyl (C=O) groups excluding carboxylic acids is 1. The predicted octanol–water partition coefficient (Wildman–Crippen LogP) is 7.43. The van der Waals surface area contributed by atoms with Gasteiger partial charge in [0.2, 0.25) is 5.91 Å². The van der Waals surface area contributed by atoms with Crippen molar-refractivity contribution in [3.05, 3.63) is 132 Å². The van der Waals surface area contributed by atoms with Gasteiger partial charge in [0.1, 0.15) is 5.75 Å². The van der Waals surface area contributed by atoms with Gasteiger partial charge in [-0.15, -0.1) is 5.10 Å². The van der Waals surface area contributed by atoms with Gasteiger partial charge in [-0.3, -0.25) is 14.4 Å². The van der Waals surface area contributed by atoms with Gasteiger partial charge in [0.05, 0.1) is 51.3 Å². The monoisotopic (exact) mass is 714 g/mol. The highest BCUT2D eigenvalue weighted by atomic mass is 28.3. The van der Waals surface area contributed by atoms with E-state index in [9.17, 15) is 9.90 Å². The molecule has 5 aromatic rings. The number of benzene rings is 4. The molecule has 5 atom stereocenters. The van der Waals surface area contributed by atoms with E-state index in [2.05, 4.69) is 84.9 Å². The van der Waals surface area contributed by atoms with E-state index in [0.29, 0.717) is 24.4 Å². The number of nitrogens with zero attached hydrogens (tertiary/aromatic N) is 4. The molecule has 0 aliphatic carbocycles. The number of aliphatic hydroxyl groups is 1. The lowest BCUT2D eigenvalue weighted by Gasteiger charge is -2.36. The van der Waals surface area contributed by atoms with Crippen LogP contribution >= 0.6 is 0 Å². The second kappa shape index (κ2) is 15.6. The Morgan fingerprint density at radius 2 is 1.69 bits per heavy atom. The Balaban J connectivity index is 1.09. The largest absolute Gasteiger partial charge is 0.497 e. The lowest BCUT2D eigenvalue weighted by molar-refractivity contribution is -0.118. The van der Waals surface area contributed by atoms with Crippen LogP contribution in [0.2, 0.25) is 18.6 Å². The summed E-state index contributed by atoms with van der Waals surface area (Å²) in [5, 5.41) is 20.6. The third kappa shape index (κ3) is 7.35. The zero-order valence-corrected chi connectivity index (χ0v) is 31.7. The smallest absolute Gasteiger partial charge is 0.231 e. The van der Waals surface area contributed by atoms with Gasteiger partial charge in [0, 0.05) is 24.8 Å². The first kappa shape index (κ1) is 35.8. The molecule has 1 unspecified atom stereocenters. The lowest BCUT2D eigenvalue weighted by Crippen LogP contribution is -2.50. The van der Waals surface area contributed by atoms with Crippen LogP contribution in [0.4, 0.5) is 11.4 Å². The Bertz CT molecular complexity index is 1960. The number of rotatable bonds is 13. The lowest BCUT2D eigenvalue weighted by atomic mass is 9.94. The molecule has 2 aliphatic heterocycles. The van der Waals surface area contributed by atoms with Crippen molar-refractivity contribution >= 4 is 30.5 Å². The Morgan fingerprint density at radius 1 is 0.923 bits per heavy atom. The van der Waals surface area contributed by atoms with Crippen LogP contribution in [0, 0.1) is 5.92 Å². The highest BCUT2D eigenvalue weighted by Gasteiger charge is 2.50. The average molecular weight is 715 g/mol. The molecule has 7 rings (SSSR count). The second-order valence-electron chi connectivity index (χ2n) is 15.0. The van der Waals surface area contributed by atoms with E-state index in [-0.39, 0.29) is 30.6 Å². The minimum atomic E-state index is -2.04. The van der Waals surface area contributed by atoms with Crippen LogP contribution in [0.5, 0.6) is 5.75 Å². The van der Waals surface area contributed by atoms with Crippen molar-refractivity contribution in [1.29, 1.82) is 0 Å². The number of anilines is 2. The molecule has 1 fully saturated rings. The normalized spacial score (nSPS) is 20.9. The van der Waals surface area contributed by atoms with Crippen molar-refractivity contribution in [2.24, 2.45) is 5.92 Å². The van der Waals surface area contributed by atoms with E-state index >= 15 is 0 Å². The third-order valence-corrected chi connectivity index (χ3v) is 15.9. The highest BCUT2D eigenvalue weighted by Crippen LogP contribution is 2.47. The number of fused-ring (bicyclic) bond motifs is 1. The van der Waals surface area contributed by atoms with Crippen molar-refractivity contribution in [2.45, 2.75) is 82.3 Å². The molecule has 0 radical (unpaired) electrons. The molecule has 2 aliphatic rings. The molecule has 1 amide bonds. The number of methoxy groups -OCH3 is 1. The number of aromatic nitrogens is 3. The molecular weight excluding hydrogens is 665 g/mol. The predicted molar refractivity (Wildman–Crippen MR) is 208 cm³/mol. The summed E-state index contributed by atoms with van der Waals surface area (Å²) >= 11 is 0. The van der Waals surface area contributed by atoms with Crippen LogP contribution in [0.15, 0.2) is 109 Å². The number of hydrogen-bond acceptors (Lipinski definition) is 6.